The fraction of sp³-hybridized carbons (Fsp3) is 0.417. The third kappa shape index (κ3) is 5.98. The van der Waals surface area contributed by atoms with Crippen LogP contribution < -0.4 is 4.74 Å². The summed E-state index contributed by atoms with van der Waals surface area (Å²) in [6, 6.07) is 4.80. The van der Waals surface area contributed by atoms with Gasteiger partial charge in [-0.1, -0.05) is 6.07 Å². The molecule has 1 N–H and O–H groups in total. The number of ether oxygens (including phenoxy) is 1. The Morgan fingerprint density at radius 1 is 1.53 bits per heavy atom. The van der Waals surface area contributed by atoms with Gasteiger partial charge in [0.1, 0.15) is 5.75 Å². The van der Waals surface area contributed by atoms with Gasteiger partial charge in [0, 0.05) is 13.1 Å². The monoisotopic (exact) mass is 337 g/mol. The van der Waals surface area contributed by atoms with Crippen molar-refractivity contribution in [2.75, 3.05) is 13.6 Å². The number of carboxylic acid groups (broad SMARTS) is 1. The highest BCUT2D eigenvalue weighted by atomic mass is 79.9. The summed E-state index contributed by atoms with van der Waals surface area (Å²) in [5, 5.41) is 8.57. The predicted molar refractivity (Wildman–Crippen MR) is 69.4 cm³/mol. The van der Waals surface area contributed by atoms with E-state index < -0.39 is 12.6 Å². The summed E-state index contributed by atoms with van der Waals surface area (Å²) in [5.74, 6) is -0.777. The summed E-state index contributed by atoms with van der Waals surface area (Å²) in [4.78, 5) is 12.3. The van der Waals surface area contributed by atoms with Gasteiger partial charge in [0.2, 0.25) is 0 Å². The number of carboxylic acids is 1. The van der Waals surface area contributed by atoms with E-state index in [0.717, 1.165) is 5.56 Å². The molecule has 106 valence electrons. The number of halogens is 3. The highest BCUT2D eigenvalue weighted by Crippen LogP contribution is 2.27. The smallest absolute Gasteiger partial charge is 0.387 e. The molecule has 1 rings (SSSR count). The van der Waals surface area contributed by atoms with E-state index in [9.17, 15) is 13.6 Å². The third-order valence-corrected chi connectivity index (χ3v) is 2.99. The van der Waals surface area contributed by atoms with E-state index in [-0.39, 0.29) is 12.2 Å². The van der Waals surface area contributed by atoms with Crippen LogP contribution in [0, 0.1) is 0 Å². The van der Waals surface area contributed by atoms with Crippen molar-refractivity contribution in [2.24, 2.45) is 0 Å². The summed E-state index contributed by atoms with van der Waals surface area (Å²) < 4.78 is 28.9. The molecule has 0 aliphatic rings. The largest absolute Gasteiger partial charge is 0.481 e. The van der Waals surface area contributed by atoms with Crippen LogP contribution in [0.25, 0.3) is 0 Å². The molecule has 0 radical (unpaired) electrons. The number of nitrogens with zero attached hydrogens (tertiary/aromatic N) is 1. The van der Waals surface area contributed by atoms with Crippen LogP contribution >= 0.6 is 15.9 Å². The lowest BCUT2D eigenvalue weighted by Gasteiger charge is -2.16. The lowest BCUT2D eigenvalue weighted by Crippen LogP contribution is -2.21. The van der Waals surface area contributed by atoms with Crippen LogP contribution in [0.5, 0.6) is 5.75 Å². The quantitative estimate of drug-likeness (QED) is 0.831. The molecule has 0 saturated carbocycles. The van der Waals surface area contributed by atoms with Gasteiger partial charge in [0.15, 0.2) is 0 Å². The van der Waals surface area contributed by atoms with Gasteiger partial charge >= 0.3 is 12.6 Å². The summed E-state index contributed by atoms with van der Waals surface area (Å²) >= 11 is 3.16. The summed E-state index contributed by atoms with van der Waals surface area (Å²) in [5.41, 5.74) is 0.876. The molecule has 0 amide bonds. The van der Waals surface area contributed by atoms with Crippen LogP contribution in [0.3, 0.4) is 0 Å². The minimum Gasteiger partial charge on any atom is -0.481 e. The first kappa shape index (κ1) is 15.8. The minimum absolute atomic E-state index is 0.0598. The highest BCUT2D eigenvalue weighted by molar-refractivity contribution is 9.10. The number of rotatable bonds is 7. The van der Waals surface area contributed by atoms with Crippen molar-refractivity contribution in [3.05, 3.63) is 28.2 Å². The third-order valence-electron chi connectivity index (χ3n) is 2.37. The Morgan fingerprint density at radius 2 is 2.21 bits per heavy atom. The Bertz CT molecular complexity index is 443. The maximum atomic E-state index is 12.1. The molecular formula is C12H14BrF2NO3. The topological polar surface area (TPSA) is 49.8 Å². The second kappa shape index (κ2) is 7.40. The van der Waals surface area contributed by atoms with Crippen molar-refractivity contribution in [2.45, 2.75) is 19.6 Å². The molecule has 0 unspecified atom stereocenters. The van der Waals surface area contributed by atoms with Crippen molar-refractivity contribution in [3.8, 4) is 5.75 Å². The molecule has 4 nitrogen and oxygen atoms in total. The van der Waals surface area contributed by atoms with Crippen LogP contribution in [-0.4, -0.2) is 36.2 Å². The second-order valence-corrected chi connectivity index (χ2v) is 4.88. The van der Waals surface area contributed by atoms with Crippen LogP contribution in [0.15, 0.2) is 22.7 Å². The zero-order chi connectivity index (χ0) is 14.4. The highest BCUT2D eigenvalue weighted by Gasteiger charge is 2.10. The average Bonchev–Trinajstić information content (AvgIpc) is 2.29. The van der Waals surface area contributed by atoms with E-state index in [1.807, 2.05) is 4.90 Å². The van der Waals surface area contributed by atoms with Gasteiger partial charge in [-0.2, -0.15) is 8.78 Å². The predicted octanol–water partition coefficient (Wildman–Crippen LogP) is 2.96. The van der Waals surface area contributed by atoms with Crippen LogP contribution in [0.4, 0.5) is 8.78 Å². The van der Waals surface area contributed by atoms with Gasteiger partial charge < -0.3 is 14.7 Å². The molecule has 0 aliphatic heterocycles. The molecule has 0 bridgehead atoms. The van der Waals surface area contributed by atoms with Gasteiger partial charge in [0.25, 0.3) is 0 Å². The second-order valence-electron chi connectivity index (χ2n) is 4.02. The van der Waals surface area contributed by atoms with Crippen molar-refractivity contribution >= 4 is 21.9 Å². The average molecular weight is 338 g/mol. The summed E-state index contributed by atoms with van der Waals surface area (Å²) in [6.45, 7) is -1.91. The molecule has 1 aromatic carbocycles. The number of alkyl halides is 2. The first-order valence-corrected chi connectivity index (χ1v) is 6.31. The molecular weight excluding hydrogens is 324 g/mol. The fourth-order valence-electron chi connectivity index (χ4n) is 1.51. The lowest BCUT2D eigenvalue weighted by atomic mass is 10.2. The first-order chi connectivity index (χ1) is 8.88. The Morgan fingerprint density at radius 3 is 2.74 bits per heavy atom. The van der Waals surface area contributed by atoms with Crippen LogP contribution in [0.2, 0.25) is 0 Å². The number of aliphatic carboxylic acids is 1. The molecule has 0 atom stereocenters. The van der Waals surface area contributed by atoms with E-state index in [1.165, 1.54) is 6.07 Å². The van der Waals surface area contributed by atoms with E-state index in [0.29, 0.717) is 17.6 Å². The van der Waals surface area contributed by atoms with Gasteiger partial charge in [-0.05, 0) is 40.7 Å². The molecule has 0 aliphatic carbocycles. The minimum atomic E-state index is -2.86. The van der Waals surface area contributed by atoms with E-state index >= 15 is 0 Å². The summed E-state index contributed by atoms with van der Waals surface area (Å²) in [6.07, 6.45) is 0.0598. The van der Waals surface area contributed by atoms with Crippen LogP contribution in [-0.2, 0) is 11.3 Å². The molecule has 0 aromatic heterocycles. The number of benzene rings is 1. The normalized spacial score (nSPS) is 11.1. The van der Waals surface area contributed by atoms with Gasteiger partial charge in [-0.3, -0.25) is 4.79 Å². The zero-order valence-corrected chi connectivity index (χ0v) is 11.9. The zero-order valence-electron chi connectivity index (χ0n) is 10.3. The molecule has 19 heavy (non-hydrogen) atoms. The molecule has 0 spiro atoms. The molecule has 0 saturated heterocycles. The van der Waals surface area contributed by atoms with Gasteiger partial charge in [-0.15, -0.1) is 0 Å². The lowest BCUT2D eigenvalue weighted by molar-refractivity contribution is -0.137. The number of hydrogen-bond donors (Lipinski definition) is 1. The van der Waals surface area contributed by atoms with Crippen molar-refractivity contribution < 1.29 is 23.4 Å². The fourth-order valence-corrected chi connectivity index (χ4v) is 2.03. The molecule has 1 aromatic rings. The van der Waals surface area contributed by atoms with E-state index in [4.69, 9.17) is 5.11 Å². The van der Waals surface area contributed by atoms with Gasteiger partial charge in [-0.25, -0.2) is 0 Å². The van der Waals surface area contributed by atoms with E-state index in [1.54, 1.807) is 19.2 Å². The Hall–Kier alpha value is -1.21. The number of carbonyl (C=O) groups is 1. The van der Waals surface area contributed by atoms with Crippen molar-refractivity contribution in [3.63, 3.8) is 0 Å². The maximum absolute atomic E-state index is 12.1. The maximum Gasteiger partial charge on any atom is 0.387 e. The number of hydrogen-bond acceptors (Lipinski definition) is 3. The standard InChI is InChI=1S/C12H14BrF2NO3/c1-16(5-4-11(17)18)7-8-2-3-10(9(13)6-8)19-12(14)15/h2-3,6,12H,4-5,7H2,1H3,(H,17,18). The molecule has 0 heterocycles. The molecule has 7 heteroatoms. The van der Waals surface area contributed by atoms with Crippen LogP contribution in [0.1, 0.15) is 12.0 Å². The van der Waals surface area contributed by atoms with Crippen molar-refractivity contribution in [1.29, 1.82) is 0 Å². The molecule has 0 fully saturated rings. The van der Waals surface area contributed by atoms with E-state index in [2.05, 4.69) is 20.7 Å². The SMILES string of the molecule is CN(CCC(=O)O)Cc1ccc(OC(F)F)c(Br)c1. The Kier molecular flexibility index (Phi) is 6.17. The first-order valence-electron chi connectivity index (χ1n) is 5.52. The Balaban J connectivity index is 2.60. The van der Waals surface area contributed by atoms with Gasteiger partial charge in [0.05, 0.1) is 10.9 Å². The summed E-state index contributed by atoms with van der Waals surface area (Å²) in [7, 11) is 1.79. The Labute approximate surface area is 118 Å². The van der Waals surface area contributed by atoms with Crippen molar-refractivity contribution in [1.82, 2.24) is 4.90 Å².